The second-order valence-corrected chi connectivity index (χ2v) is 14.0. The van der Waals surface area contributed by atoms with Gasteiger partial charge in [0.2, 0.25) is 0 Å². The zero-order chi connectivity index (χ0) is 30.3. The van der Waals surface area contributed by atoms with E-state index in [1.165, 1.54) is 6.92 Å². The van der Waals surface area contributed by atoms with Crippen LogP contribution in [0.4, 0.5) is 0 Å². The Labute approximate surface area is 251 Å². The normalized spacial score (nSPS) is 37.1. The van der Waals surface area contributed by atoms with E-state index in [2.05, 4.69) is 22.9 Å². The lowest BCUT2D eigenvalue weighted by atomic mass is 9.66. The third-order valence-corrected chi connectivity index (χ3v) is 10.2. The van der Waals surface area contributed by atoms with E-state index >= 15 is 0 Å². The van der Waals surface area contributed by atoms with E-state index in [0.29, 0.717) is 6.42 Å². The number of aliphatic hydroxyl groups is 2. The summed E-state index contributed by atoms with van der Waals surface area (Å²) in [5, 5.41) is 31.9. The average molecular weight is 642 g/mol. The number of carbonyl (C=O) groups excluding carboxylic acids is 2. The van der Waals surface area contributed by atoms with Gasteiger partial charge in [-0.25, -0.2) is 0 Å². The highest BCUT2D eigenvalue weighted by Gasteiger charge is 2.64. The van der Waals surface area contributed by atoms with E-state index in [1.54, 1.807) is 12.1 Å². The molecule has 3 bridgehead atoms. The molecule has 9 nitrogen and oxygen atoms in total. The molecule has 3 heterocycles. The molecule has 0 aromatic heterocycles. The van der Waals surface area contributed by atoms with Gasteiger partial charge in [0.25, 0.3) is 0 Å². The number of benzene rings is 1. The van der Waals surface area contributed by atoms with E-state index in [4.69, 9.17) is 18.9 Å². The molecule has 1 aromatic carbocycles. The highest BCUT2D eigenvalue weighted by atomic mass is 79.9. The van der Waals surface area contributed by atoms with Crippen molar-refractivity contribution in [1.29, 1.82) is 0 Å². The summed E-state index contributed by atoms with van der Waals surface area (Å²) < 4.78 is 25.8. The van der Waals surface area contributed by atoms with Crippen molar-refractivity contribution in [3.63, 3.8) is 0 Å². The lowest BCUT2D eigenvalue weighted by Gasteiger charge is -2.61. The Morgan fingerprint density at radius 2 is 1.80 bits per heavy atom. The minimum Gasteiger partial charge on any atom is -0.508 e. The maximum absolute atomic E-state index is 13.1. The standard InChI is InChI=1S/C31H45BrO9/c1-17(8-7-9-21-12-22(34)10-11-23(21)32)28-19(3)25-15-31(40-28)29(5,6)14-18(2)30(37,41-31)16-27(36)38-24(20(4)33)13-26(35)39-25/h10-12,17-20,24-25,28,33-34,37H,7-9,13-16H2,1-6H3/t17-,18+,19-,20+,24+,25-,28?,30-,31-/m0/s1. The number of aliphatic hydroxyl groups excluding tert-OH is 1. The lowest BCUT2D eigenvalue weighted by molar-refractivity contribution is -0.451. The summed E-state index contributed by atoms with van der Waals surface area (Å²) >= 11 is 3.56. The maximum atomic E-state index is 13.1. The van der Waals surface area contributed by atoms with Gasteiger partial charge in [0.15, 0.2) is 11.6 Å². The summed E-state index contributed by atoms with van der Waals surface area (Å²) in [4.78, 5) is 26.0. The number of aromatic hydroxyl groups is 1. The predicted octanol–water partition coefficient (Wildman–Crippen LogP) is 5.00. The van der Waals surface area contributed by atoms with Crippen molar-refractivity contribution in [2.45, 2.75) is 122 Å². The molecular formula is C31H45BrO9. The molecule has 3 aliphatic rings. The van der Waals surface area contributed by atoms with Crippen LogP contribution in [-0.4, -0.2) is 63.2 Å². The molecule has 230 valence electrons. The van der Waals surface area contributed by atoms with Gasteiger partial charge in [0.1, 0.15) is 18.0 Å². The van der Waals surface area contributed by atoms with Gasteiger partial charge in [-0.05, 0) is 62.3 Å². The number of phenolic OH excluding ortho intramolecular Hbond substituents is 1. The number of carbonyl (C=O) groups is 2. The molecule has 0 amide bonds. The minimum atomic E-state index is -1.86. The van der Waals surface area contributed by atoms with Gasteiger partial charge in [-0.1, -0.05) is 50.5 Å². The molecule has 3 aliphatic heterocycles. The molecule has 9 atom stereocenters. The second-order valence-electron chi connectivity index (χ2n) is 13.2. The number of aryl methyl sites for hydroxylation is 1. The lowest BCUT2D eigenvalue weighted by Crippen LogP contribution is -2.68. The van der Waals surface area contributed by atoms with Crippen molar-refractivity contribution in [1.82, 2.24) is 0 Å². The minimum absolute atomic E-state index is 0.0365. The Hall–Kier alpha value is -1.72. The number of ether oxygens (including phenoxy) is 4. The first kappa shape index (κ1) is 32.2. The largest absolute Gasteiger partial charge is 0.508 e. The fraction of sp³-hybridized carbons (Fsp3) is 0.742. The number of fused-ring (bicyclic) bond motifs is 2. The molecule has 3 fully saturated rings. The summed E-state index contributed by atoms with van der Waals surface area (Å²) in [6, 6.07) is 5.24. The van der Waals surface area contributed by atoms with Crippen molar-refractivity contribution in [3.8, 4) is 5.75 Å². The molecule has 3 saturated heterocycles. The van der Waals surface area contributed by atoms with Crippen LogP contribution in [0.2, 0.25) is 0 Å². The van der Waals surface area contributed by atoms with Gasteiger partial charge < -0.3 is 34.3 Å². The van der Waals surface area contributed by atoms with Gasteiger partial charge in [-0.2, -0.15) is 0 Å². The van der Waals surface area contributed by atoms with Crippen LogP contribution < -0.4 is 0 Å². The Kier molecular flexibility index (Phi) is 9.51. The van der Waals surface area contributed by atoms with Crippen LogP contribution in [0.25, 0.3) is 0 Å². The number of phenols is 1. The highest BCUT2D eigenvalue weighted by Crippen LogP contribution is 2.57. The van der Waals surface area contributed by atoms with Gasteiger partial charge in [0.05, 0.1) is 25.0 Å². The van der Waals surface area contributed by atoms with E-state index in [-0.39, 0.29) is 36.5 Å². The molecular weight excluding hydrogens is 596 g/mol. The van der Waals surface area contributed by atoms with E-state index in [1.807, 2.05) is 33.8 Å². The summed E-state index contributed by atoms with van der Waals surface area (Å²) in [6.45, 7) is 11.4. The van der Waals surface area contributed by atoms with Crippen LogP contribution in [0.5, 0.6) is 5.75 Å². The first-order valence-corrected chi connectivity index (χ1v) is 15.5. The Bertz CT molecular complexity index is 1120. The van der Waals surface area contributed by atoms with Crippen molar-refractivity contribution in [2.75, 3.05) is 0 Å². The number of cyclic esters (lactones) is 1. The van der Waals surface area contributed by atoms with Crippen LogP contribution in [0.3, 0.4) is 0 Å². The molecule has 1 aromatic rings. The van der Waals surface area contributed by atoms with Crippen LogP contribution in [0.15, 0.2) is 22.7 Å². The number of rotatable bonds is 6. The van der Waals surface area contributed by atoms with Crippen molar-refractivity contribution >= 4 is 27.9 Å². The fourth-order valence-corrected chi connectivity index (χ4v) is 7.22. The van der Waals surface area contributed by atoms with Crippen LogP contribution in [0, 0.1) is 23.2 Å². The van der Waals surface area contributed by atoms with Gasteiger partial charge >= 0.3 is 11.9 Å². The summed E-state index contributed by atoms with van der Waals surface area (Å²) in [5.41, 5.74) is 0.437. The number of hydrogen-bond donors (Lipinski definition) is 3. The quantitative estimate of drug-likeness (QED) is 0.367. The van der Waals surface area contributed by atoms with Crippen molar-refractivity contribution < 1.29 is 43.9 Å². The topological polar surface area (TPSA) is 132 Å². The molecule has 3 N–H and O–H groups in total. The first-order chi connectivity index (χ1) is 19.1. The molecule has 1 unspecified atom stereocenters. The zero-order valence-electron chi connectivity index (χ0n) is 24.9. The Morgan fingerprint density at radius 3 is 2.49 bits per heavy atom. The first-order valence-electron chi connectivity index (χ1n) is 14.7. The Morgan fingerprint density at radius 1 is 1.10 bits per heavy atom. The smallest absolute Gasteiger partial charge is 0.311 e. The summed E-state index contributed by atoms with van der Waals surface area (Å²) in [5.74, 6) is -4.86. The SMILES string of the molecule is C[C@@H]1C([C@@H](C)CCCc2cc(O)ccc2Br)O[C@@]23C[C@@H]1OC(=O)C[C@H]([C@@H](C)O)OC(=O)C[C@](O)(O2)[C@H](C)CC3(C)C. The van der Waals surface area contributed by atoms with Gasteiger partial charge in [-0.3, -0.25) is 9.59 Å². The molecule has 4 rings (SSSR count). The number of esters is 2. The number of hydrogen-bond acceptors (Lipinski definition) is 9. The Balaban J connectivity index is 1.64. The third kappa shape index (κ3) is 6.77. The maximum Gasteiger partial charge on any atom is 0.311 e. The van der Waals surface area contributed by atoms with Gasteiger partial charge in [-0.15, -0.1) is 0 Å². The molecule has 0 aliphatic carbocycles. The predicted molar refractivity (Wildman–Crippen MR) is 154 cm³/mol. The molecule has 10 heteroatoms. The molecule has 41 heavy (non-hydrogen) atoms. The van der Waals surface area contributed by atoms with Gasteiger partial charge in [0, 0.05) is 28.1 Å². The zero-order valence-corrected chi connectivity index (χ0v) is 26.5. The summed E-state index contributed by atoms with van der Waals surface area (Å²) in [7, 11) is 0. The van der Waals surface area contributed by atoms with Crippen molar-refractivity contribution in [2.24, 2.45) is 23.2 Å². The monoisotopic (exact) mass is 640 g/mol. The molecule has 0 radical (unpaired) electrons. The third-order valence-electron chi connectivity index (χ3n) is 9.43. The average Bonchev–Trinajstić information content (AvgIpc) is 2.85. The van der Waals surface area contributed by atoms with E-state index in [9.17, 15) is 24.9 Å². The van der Waals surface area contributed by atoms with E-state index < -0.39 is 59.6 Å². The summed E-state index contributed by atoms with van der Waals surface area (Å²) in [6.07, 6.45) is -0.798. The molecule has 1 spiro atoms. The van der Waals surface area contributed by atoms with Crippen LogP contribution in [-0.2, 0) is 35.0 Å². The number of halogens is 1. The second kappa shape index (κ2) is 12.1. The van der Waals surface area contributed by atoms with Crippen molar-refractivity contribution in [3.05, 3.63) is 28.2 Å². The fourth-order valence-electron chi connectivity index (χ4n) is 6.78. The van der Waals surface area contributed by atoms with E-state index in [0.717, 1.165) is 29.3 Å². The van der Waals surface area contributed by atoms with Crippen LogP contribution in [0.1, 0.15) is 85.6 Å². The highest BCUT2D eigenvalue weighted by molar-refractivity contribution is 9.10. The molecule has 0 saturated carbocycles. The van der Waals surface area contributed by atoms with Crippen LogP contribution >= 0.6 is 15.9 Å².